The van der Waals surface area contributed by atoms with Crippen LogP contribution in [0.25, 0.3) is 0 Å². The third kappa shape index (κ3) is 2.33. The Morgan fingerprint density at radius 1 is 1.25 bits per heavy atom. The SMILES string of the molecule is COc1cc(CC2(O)CC2)cc(OC)c1Br. The Hall–Kier alpha value is -0.740. The molecule has 0 amide bonds. The van der Waals surface area contributed by atoms with Crippen LogP contribution in [0.2, 0.25) is 0 Å². The molecule has 0 heterocycles. The van der Waals surface area contributed by atoms with Gasteiger partial charge in [0, 0.05) is 6.42 Å². The summed E-state index contributed by atoms with van der Waals surface area (Å²) in [7, 11) is 3.24. The third-order valence-corrected chi connectivity index (χ3v) is 3.65. The van der Waals surface area contributed by atoms with Gasteiger partial charge in [0.2, 0.25) is 0 Å². The lowest BCUT2D eigenvalue weighted by Gasteiger charge is -2.13. The maximum atomic E-state index is 9.89. The standard InChI is InChI=1S/C12H15BrO3/c1-15-9-5-8(7-12(14)3-4-12)6-10(16-2)11(9)13/h5-6,14H,3-4,7H2,1-2H3. The molecule has 4 heteroatoms. The summed E-state index contributed by atoms with van der Waals surface area (Å²) in [5.74, 6) is 1.47. The highest BCUT2D eigenvalue weighted by Gasteiger charge is 2.40. The molecule has 88 valence electrons. The summed E-state index contributed by atoms with van der Waals surface area (Å²) in [6, 6.07) is 3.87. The second-order valence-corrected chi connectivity index (χ2v) is 5.01. The van der Waals surface area contributed by atoms with Gasteiger partial charge in [-0.05, 0) is 46.5 Å². The van der Waals surface area contributed by atoms with Crippen LogP contribution in [0.1, 0.15) is 18.4 Å². The first-order valence-corrected chi connectivity index (χ1v) is 6.00. The van der Waals surface area contributed by atoms with E-state index in [9.17, 15) is 5.11 Å². The Balaban J connectivity index is 2.31. The minimum absolute atomic E-state index is 0.496. The van der Waals surface area contributed by atoms with Crippen molar-refractivity contribution in [3.63, 3.8) is 0 Å². The second kappa shape index (κ2) is 4.26. The van der Waals surface area contributed by atoms with Gasteiger partial charge in [0.05, 0.1) is 19.8 Å². The Labute approximate surface area is 104 Å². The van der Waals surface area contributed by atoms with Gasteiger partial charge in [0.25, 0.3) is 0 Å². The van der Waals surface area contributed by atoms with Crippen LogP contribution in [0.3, 0.4) is 0 Å². The molecule has 16 heavy (non-hydrogen) atoms. The van der Waals surface area contributed by atoms with E-state index in [1.54, 1.807) is 14.2 Å². The van der Waals surface area contributed by atoms with Crippen molar-refractivity contribution < 1.29 is 14.6 Å². The molecule has 0 unspecified atom stereocenters. The van der Waals surface area contributed by atoms with Gasteiger partial charge in [-0.25, -0.2) is 0 Å². The number of hydrogen-bond acceptors (Lipinski definition) is 3. The minimum atomic E-state index is -0.496. The monoisotopic (exact) mass is 286 g/mol. The molecule has 0 aliphatic heterocycles. The molecule has 1 aromatic rings. The van der Waals surface area contributed by atoms with Crippen LogP contribution in [-0.4, -0.2) is 24.9 Å². The molecule has 0 bridgehead atoms. The van der Waals surface area contributed by atoms with Crippen molar-refractivity contribution in [1.29, 1.82) is 0 Å². The number of methoxy groups -OCH3 is 2. The third-order valence-electron chi connectivity index (χ3n) is 2.87. The van der Waals surface area contributed by atoms with Crippen LogP contribution >= 0.6 is 15.9 Å². The predicted molar refractivity (Wildman–Crippen MR) is 65.1 cm³/mol. The fourth-order valence-corrected chi connectivity index (χ4v) is 2.28. The van der Waals surface area contributed by atoms with Crippen LogP contribution in [0.5, 0.6) is 11.5 Å². The number of aliphatic hydroxyl groups is 1. The maximum Gasteiger partial charge on any atom is 0.137 e. The van der Waals surface area contributed by atoms with Crippen molar-refractivity contribution in [3.8, 4) is 11.5 Å². The van der Waals surface area contributed by atoms with Crippen molar-refractivity contribution in [2.24, 2.45) is 0 Å². The topological polar surface area (TPSA) is 38.7 Å². The number of rotatable bonds is 4. The summed E-state index contributed by atoms with van der Waals surface area (Å²) in [5, 5.41) is 9.89. The summed E-state index contributed by atoms with van der Waals surface area (Å²) >= 11 is 3.42. The number of hydrogen-bond donors (Lipinski definition) is 1. The van der Waals surface area contributed by atoms with Crippen LogP contribution in [0, 0.1) is 0 Å². The highest BCUT2D eigenvalue weighted by atomic mass is 79.9. The van der Waals surface area contributed by atoms with E-state index in [4.69, 9.17) is 9.47 Å². The molecule has 1 aromatic carbocycles. The lowest BCUT2D eigenvalue weighted by atomic mass is 10.1. The molecular weight excluding hydrogens is 272 g/mol. The zero-order valence-electron chi connectivity index (χ0n) is 9.42. The summed E-state index contributed by atoms with van der Waals surface area (Å²) in [5.41, 5.74) is 0.543. The fourth-order valence-electron chi connectivity index (χ4n) is 1.73. The van der Waals surface area contributed by atoms with Gasteiger partial charge in [-0.1, -0.05) is 0 Å². The van der Waals surface area contributed by atoms with Gasteiger partial charge in [0.15, 0.2) is 0 Å². The van der Waals surface area contributed by atoms with Crippen molar-refractivity contribution in [3.05, 3.63) is 22.2 Å². The Kier molecular flexibility index (Phi) is 3.13. The Morgan fingerprint density at radius 2 is 1.75 bits per heavy atom. The number of halogens is 1. The normalized spacial score (nSPS) is 17.0. The molecule has 0 saturated heterocycles. The molecule has 1 N–H and O–H groups in total. The van der Waals surface area contributed by atoms with Crippen LogP contribution in [0.4, 0.5) is 0 Å². The molecule has 0 atom stereocenters. The highest BCUT2D eigenvalue weighted by Crippen LogP contribution is 2.41. The van der Waals surface area contributed by atoms with Gasteiger partial charge in [-0.3, -0.25) is 0 Å². The Morgan fingerprint density at radius 3 is 2.12 bits per heavy atom. The first kappa shape index (κ1) is 11.7. The quantitative estimate of drug-likeness (QED) is 0.925. The van der Waals surface area contributed by atoms with Gasteiger partial charge < -0.3 is 14.6 Å². The van der Waals surface area contributed by atoms with Crippen molar-refractivity contribution in [1.82, 2.24) is 0 Å². The van der Waals surface area contributed by atoms with E-state index >= 15 is 0 Å². The van der Waals surface area contributed by atoms with Crippen molar-refractivity contribution in [2.45, 2.75) is 24.9 Å². The molecule has 1 saturated carbocycles. The lowest BCUT2D eigenvalue weighted by molar-refractivity contribution is 0.151. The molecule has 1 aliphatic rings. The minimum Gasteiger partial charge on any atom is -0.495 e. The van der Waals surface area contributed by atoms with E-state index in [1.807, 2.05) is 12.1 Å². The van der Waals surface area contributed by atoms with Crippen molar-refractivity contribution in [2.75, 3.05) is 14.2 Å². The van der Waals surface area contributed by atoms with E-state index in [2.05, 4.69) is 15.9 Å². The molecule has 0 spiro atoms. The van der Waals surface area contributed by atoms with E-state index in [-0.39, 0.29) is 0 Å². The van der Waals surface area contributed by atoms with Gasteiger partial charge >= 0.3 is 0 Å². The van der Waals surface area contributed by atoms with Crippen LogP contribution in [-0.2, 0) is 6.42 Å². The zero-order chi connectivity index (χ0) is 11.8. The first-order valence-electron chi connectivity index (χ1n) is 5.21. The van der Waals surface area contributed by atoms with Gasteiger partial charge in [-0.2, -0.15) is 0 Å². The van der Waals surface area contributed by atoms with E-state index in [0.717, 1.165) is 34.4 Å². The molecule has 1 fully saturated rings. The van der Waals surface area contributed by atoms with E-state index < -0.39 is 5.60 Å². The first-order chi connectivity index (χ1) is 7.58. The second-order valence-electron chi connectivity index (χ2n) is 4.22. The predicted octanol–water partition coefficient (Wildman–Crippen LogP) is 2.53. The van der Waals surface area contributed by atoms with Gasteiger partial charge in [0.1, 0.15) is 16.0 Å². The zero-order valence-corrected chi connectivity index (χ0v) is 11.0. The maximum absolute atomic E-state index is 9.89. The summed E-state index contributed by atoms with van der Waals surface area (Å²) < 4.78 is 11.3. The summed E-state index contributed by atoms with van der Waals surface area (Å²) in [6.45, 7) is 0. The molecule has 2 rings (SSSR count). The Bertz CT molecular complexity index is 374. The molecule has 1 aliphatic carbocycles. The lowest BCUT2D eigenvalue weighted by Crippen LogP contribution is -2.10. The fraction of sp³-hybridized carbons (Fsp3) is 0.500. The van der Waals surface area contributed by atoms with Crippen LogP contribution in [0.15, 0.2) is 16.6 Å². The average Bonchev–Trinajstić information content (AvgIpc) is 2.98. The number of benzene rings is 1. The number of ether oxygens (including phenoxy) is 2. The smallest absolute Gasteiger partial charge is 0.137 e. The molecule has 3 nitrogen and oxygen atoms in total. The summed E-state index contributed by atoms with van der Waals surface area (Å²) in [4.78, 5) is 0. The largest absolute Gasteiger partial charge is 0.495 e. The van der Waals surface area contributed by atoms with Crippen molar-refractivity contribution >= 4 is 15.9 Å². The van der Waals surface area contributed by atoms with Gasteiger partial charge in [-0.15, -0.1) is 0 Å². The van der Waals surface area contributed by atoms with E-state index in [0.29, 0.717) is 6.42 Å². The van der Waals surface area contributed by atoms with Crippen LogP contribution < -0.4 is 9.47 Å². The molecule has 0 radical (unpaired) electrons. The molecular formula is C12H15BrO3. The average molecular weight is 287 g/mol. The van der Waals surface area contributed by atoms with E-state index in [1.165, 1.54) is 0 Å². The summed E-state index contributed by atoms with van der Waals surface area (Å²) in [6.07, 6.45) is 2.42. The molecule has 0 aromatic heterocycles. The highest BCUT2D eigenvalue weighted by molar-refractivity contribution is 9.10.